The molecule has 2 aromatic carbocycles. The number of guanidine groups is 2. The van der Waals surface area contributed by atoms with Gasteiger partial charge in [0.05, 0.1) is 0 Å². The van der Waals surface area contributed by atoms with Crippen LogP contribution in [0.1, 0.15) is 97.6 Å². The normalized spacial score (nSPS) is 14.6. The number of hydrogen-bond donors (Lipinski definition) is 13. The average molecular weight is 1090 g/mol. The van der Waals surface area contributed by atoms with Crippen LogP contribution >= 0.6 is 11.8 Å². The highest BCUT2D eigenvalue weighted by atomic mass is 32.2. The minimum Gasteiger partial charge on any atom is -0.370 e. The maximum Gasteiger partial charge on any atom is 0.243 e. The lowest BCUT2D eigenvalue weighted by molar-refractivity contribution is -0.135. The number of primary amides is 1. The number of rotatable bonds is 34. The zero-order chi connectivity index (χ0) is 57.2. The molecule has 0 saturated heterocycles. The molecule has 0 bridgehead atoms. The third-order valence-electron chi connectivity index (χ3n) is 12.9. The van der Waals surface area contributed by atoms with Gasteiger partial charge in [-0.3, -0.25) is 48.3 Å². The minimum absolute atomic E-state index is 0.0364. The van der Waals surface area contributed by atoms with E-state index in [2.05, 4.69) is 52.2 Å². The fourth-order valence-electron chi connectivity index (χ4n) is 8.30. The molecule has 1 aromatic heterocycles. The number of H-pyrrole nitrogens is 1. The number of benzene rings is 2. The van der Waals surface area contributed by atoms with Crippen molar-refractivity contribution in [1.82, 2.24) is 42.2 Å². The summed E-state index contributed by atoms with van der Waals surface area (Å²) in [5, 5.41) is 20.2. The van der Waals surface area contributed by atoms with E-state index in [0.29, 0.717) is 37.1 Å². The summed E-state index contributed by atoms with van der Waals surface area (Å²) >= 11 is 1.43. The molecule has 0 unspecified atom stereocenters. The van der Waals surface area contributed by atoms with Crippen LogP contribution in [0.2, 0.25) is 0 Å². The van der Waals surface area contributed by atoms with Gasteiger partial charge in [-0.25, -0.2) is 0 Å². The number of thioether (sulfide) groups is 1. The number of aromatic nitrogens is 1. The second kappa shape index (κ2) is 32.9. The summed E-state index contributed by atoms with van der Waals surface area (Å²) in [4.78, 5) is 122. The average Bonchev–Trinajstić information content (AvgIpc) is 3.79. The van der Waals surface area contributed by atoms with E-state index in [1.54, 1.807) is 44.3 Å². The molecule has 77 heavy (non-hydrogen) atoms. The molecule has 0 spiro atoms. The largest absolute Gasteiger partial charge is 0.370 e. The monoisotopic (exact) mass is 1090 g/mol. The van der Waals surface area contributed by atoms with Gasteiger partial charge >= 0.3 is 0 Å². The molecular weight excluding hydrogens is 1010 g/mol. The zero-order valence-corrected chi connectivity index (χ0v) is 46.3. The second-order valence-corrected chi connectivity index (χ2v) is 20.8. The lowest BCUT2D eigenvalue weighted by atomic mass is 9.97. The maximum atomic E-state index is 14.6. The number of fused-ring (bicyclic) bond motifs is 1. The molecule has 1 heterocycles. The highest BCUT2D eigenvalue weighted by Crippen LogP contribution is 2.20. The van der Waals surface area contributed by atoms with E-state index in [1.165, 1.54) is 18.7 Å². The summed E-state index contributed by atoms with van der Waals surface area (Å²) in [7, 11) is 0. The van der Waals surface area contributed by atoms with Crippen molar-refractivity contribution in [3.8, 4) is 0 Å². The SMILES string of the molecule is CC[C@H](C)[C@H](NC(=O)[C@H](Cc1ccccc1)NC(=O)[C@H](CCSC)NC(=O)[C@H](Cc1c[nH]c2ccccc12)NC(=O)[C@H](C)NC(=O)[C@H](CCCN=C(N)N)NC(=O)[C@H](CC(C)C)NC(=O)[C@@H](C)CCCN=C(N)N)C(N)=O. The van der Waals surface area contributed by atoms with Gasteiger partial charge in [0.1, 0.15) is 42.3 Å². The van der Waals surface area contributed by atoms with Crippen LogP contribution in [0.3, 0.4) is 0 Å². The van der Waals surface area contributed by atoms with Crippen molar-refractivity contribution in [2.75, 3.05) is 25.1 Å². The van der Waals surface area contributed by atoms with Crippen LogP contribution in [-0.4, -0.2) is 132 Å². The van der Waals surface area contributed by atoms with Crippen molar-refractivity contribution < 1.29 is 38.4 Å². The fraction of sp³-hybridized carbons (Fsp3) is 0.547. The van der Waals surface area contributed by atoms with Crippen molar-refractivity contribution in [3.05, 3.63) is 71.9 Å². The van der Waals surface area contributed by atoms with E-state index in [1.807, 2.05) is 57.4 Å². The van der Waals surface area contributed by atoms with Crippen LogP contribution in [-0.2, 0) is 51.2 Å². The maximum absolute atomic E-state index is 14.6. The minimum atomic E-state index is -1.31. The quantitative estimate of drug-likeness (QED) is 0.0220. The lowest BCUT2D eigenvalue weighted by Crippen LogP contribution is -2.60. The van der Waals surface area contributed by atoms with Crippen molar-refractivity contribution in [2.45, 2.75) is 142 Å². The van der Waals surface area contributed by atoms with E-state index in [4.69, 9.17) is 28.7 Å². The Hall–Kier alpha value is -7.37. The van der Waals surface area contributed by atoms with Crippen LogP contribution in [0.4, 0.5) is 0 Å². The fourth-order valence-corrected chi connectivity index (χ4v) is 8.77. The Morgan fingerprint density at radius 3 is 1.68 bits per heavy atom. The number of nitrogens with zero attached hydrogens (tertiary/aromatic N) is 2. The van der Waals surface area contributed by atoms with E-state index in [0.717, 1.165) is 16.5 Å². The van der Waals surface area contributed by atoms with E-state index in [9.17, 15) is 38.4 Å². The van der Waals surface area contributed by atoms with E-state index >= 15 is 0 Å². The molecule has 3 aromatic rings. The van der Waals surface area contributed by atoms with Gasteiger partial charge in [-0.15, -0.1) is 0 Å². The lowest BCUT2D eigenvalue weighted by Gasteiger charge is -2.28. The number of amides is 8. The van der Waals surface area contributed by atoms with Gasteiger partial charge < -0.3 is 70.9 Å². The summed E-state index contributed by atoms with van der Waals surface area (Å²) in [5.74, 6) is -5.90. The van der Waals surface area contributed by atoms with E-state index < -0.39 is 89.6 Å². The van der Waals surface area contributed by atoms with Crippen LogP contribution in [0, 0.1) is 17.8 Å². The Labute approximate surface area is 455 Å². The van der Waals surface area contributed by atoms with Crippen LogP contribution in [0.25, 0.3) is 10.9 Å². The van der Waals surface area contributed by atoms with Gasteiger partial charge in [-0.1, -0.05) is 89.6 Å². The molecule has 0 fully saturated rings. The molecule has 3 rings (SSSR count). The summed E-state index contributed by atoms with van der Waals surface area (Å²) < 4.78 is 0. The molecule has 8 amide bonds. The first-order valence-corrected chi connectivity index (χ1v) is 27.5. The first kappa shape index (κ1) is 63.9. The van der Waals surface area contributed by atoms with Crippen molar-refractivity contribution in [3.63, 3.8) is 0 Å². The number of aliphatic imine (C=N–C) groups is 2. The molecule has 424 valence electrons. The highest BCUT2D eigenvalue weighted by Gasteiger charge is 2.35. The second-order valence-electron chi connectivity index (χ2n) is 19.8. The Balaban J connectivity index is 1.92. The molecule has 23 nitrogen and oxygen atoms in total. The van der Waals surface area contributed by atoms with Gasteiger partial charge in [-0.2, -0.15) is 11.8 Å². The molecule has 0 aliphatic heterocycles. The van der Waals surface area contributed by atoms with Crippen molar-refractivity contribution in [1.29, 1.82) is 0 Å². The molecule has 0 radical (unpaired) electrons. The van der Waals surface area contributed by atoms with Gasteiger partial charge in [-0.05, 0) is 86.5 Å². The summed E-state index contributed by atoms with van der Waals surface area (Å²) in [6, 6.07) is 8.14. The molecule has 18 N–H and O–H groups in total. The molecule has 9 atom stereocenters. The summed E-state index contributed by atoms with van der Waals surface area (Å²) in [6.07, 6.45) is 5.72. The number of hydrogen-bond acceptors (Lipinski definition) is 11. The highest BCUT2D eigenvalue weighted by molar-refractivity contribution is 7.98. The number of nitrogens with two attached hydrogens (primary N) is 5. The Kier molecular flexibility index (Phi) is 27.3. The first-order valence-electron chi connectivity index (χ1n) is 26.1. The van der Waals surface area contributed by atoms with Crippen LogP contribution in [0.5, 0.6) is 0 Å². The van der Waals surface area contributed by atoms with Crippen LogP contribution < -0.4 is 65.9 Å². The first-order chi connectivity index (χ1) is 36.5. The number of carbonyl (C=O) groups excluding carboxylic acids is 8. The van der Waals surface area contributed by atoms with Crippen molar-refractivity contribution in [2.24, 2.45) is 56.4 Å². The third kappa shape index (κ3) is 22.4. The molecule has 0 aliphatic rings. The Morgan fingerprint density at radius 2 is 1.08 bits per heavy atom. The van der Waals surface area contributed by atoms with Gasteiger partial charge in [0.15, 0.2) is 11.9 Å². The molecule has 24 heteroatoms. The Bertz CT molecular complexity index is 2480. The number of nitrogens with one attached hydrogen (secondary N) is 8. The molecule has 0 saturated carbocycles. The smallest absolute Gasteiger partial charge is 0.243 e. The predicted octanol–water partition coefficient (Wildman–Crippen LogP) is 0.440. The number of aromatic amines is 1. The number of carbonyl (C=O) groups is 8. The van der Waals surface area contributed by atoms with E-state index in [-0.39, 0.29) is 74.7 Å². The Morgan fingerprint density at radius 1 is 0.571 bits per heavy atom. The molecular formula is C53H83N15O8S. The van der Waals surface area contributed by atoms with Gasteiger partial charge in [0, 0.05) is 48.9 Å². The van der Waals surface area contributed by atoms with Crippen LogP contribution in [0.15, 0.2) is 70.8 Å². The molecule has 0 aliphatic carbocycles. The predicted molar refractivity (Wildman–Crippen MR) is 301 cm³/mol. The topological polar surface area (TPSA) is 391 Å². The zero-order valence-electron chi connectivity index (χ0n) is 45.5. The summed E-state index contributed by atoms with van der Waals surface area (Å²) in [6.45, 7) is 11.0. The van der Waals surface area contributed by atoms with Gasteiger partial charge in [0.2, 0.25) is 47.3 Å². The van der Waals surface area contributed by atoms with Gasteiger partial charge in [0.25, 0.3) is 0 Å². The van der Waals surface area contributed by atoms with Crippen molar-refractivity contribution >= 4 is 81.8 Å². The number of para-hydroxylation sites is 1. The standard InChI is InChI=1S/C53H83N15O8S/c1-8-31(4)43(44(54)69)68-51(76)41(27-34-17-10-9-11-18-34)67-48(73)39(22-25-77-7)64-50(75)42(28-35-29-61-37-20-13-12-19-36(35)37)66-46(71)33(6)62-47(72)38(21-15-24-60-53(57)58)63-49(74)40(26-30(2)3)65-45(70)32(5)16-14-23-59-52(55)56/h9-13,17-20,29-33,38-43,61H,8,14-16,21-28H2,1-7H3,(H2,54,69)(H,62,72)(H,63,74)(H,64,75)(H,65,70)(H,66,71)(H,67,73)(H,68,76)(H4,55,56,59)(H4,57,58,60)/t31-,32-,33-,38-,39-,40-,41-,42-,43-/m0/s1. The summed E-state index contributed by atoms with van der Waals surface area (Å²) in [5.41, 5.74) is 29.8. The third-order valence-corrected chi connectivity index (χ3v) is 13.6.